The summed E-state index contributed by atoms with van der Waals surface area (Å²) in [4.78, 5) is 32.5. The van der Waals surface area contributed by atoms with Crippen LogP contribution in [-0.4, -0.2) is 26.9 Å². The van der Waals surface area contributed by atoms with Crippen LogP contribution in [0.5, 0.6) is 0 Å². The van der Waals surface area contributed by atoms with Gasteiger partial charge in [0, 0.05) is 24.1 Å². The number of carbonyl (C=O) groups excluding carboxylic acids is 2. The Labute approximate surface area is 203 Å². The predicted octanol–water partition coefficient (Wildman–Crippen LogP) is 4.45. The number of imide groups is 1. The van der Waals surface area contributed by atoms with Gasteiger partial charge in [-0.1, -0.05) is 65.8 Å². The van der Waals surface area contributed by atoms with Gasteiger partial charge in [-0.3, -0.25) is 14.5 Å². The minimum absolute atomic E-state index is 0.166. The molecule has 2 amide bonds. The average Bonchev–Trinajstić information content (AvgIpc) is 3.30. The second-order valence-corrected chi connectivity index (χ2v) is 8.88. The fraction of sp³-hybridized carbons (Fsp3) is 0.214. The standard InChI is InChI=1S/C28H26N4O3/c1-18-24(17-35-31-18)27-23(14-19-12-13-30-25(29)15-19)28(34)32(27)26(33)16-22(20-8-4-2-5-9-20)21-10-6-3-7-11-21/h2-13,15,17,22-23,27H,14,16H2,1H3,(H2,29,30)/t23-,27+/m1/s1. The van der Waals surface area contributed by atoms with Gasteiger partial charge in [-0.25, -0.2) is 4.98 Å². The average molecular weight is 467 g/mol. The molecule has 0 spiro atoms. The molecule has 7 nitrogen and oxygen atoms in total. The van der Waals surface area contributed by atoms with Gasteiger partial charge in [0.15, 0.2) is 0 Å². The summed E-state index contributed by atoms with van der Waals surface area (Å²) in [5.41, 5.74) is 10.2. The van der Waals surface area contributed by atoms with E-state index in [0.717, 1.165) is 22.3 Å². The van der Waals surface area contributed by atoms with Crippen LogP contribution in [0.15, 0.2) is 89.8 Å². The molecule has 0 radical (unpaired) electrons. The lowest BCUT2D eigenvalue weighted by atomic mass is 9.77. The van der Waals surface area contributed by atoms with E-state index in [2.05, 4.69) is 10.1 Å². The molecule has 2 atom stereocenters. The van der Waals surface area contributed by atoms with Crippen LogP contribution in [0, 0.1) is 12.8 Å². The number of aryl methyl sites for hydroxylation is 1. The second kappa shape index (κ2) is 9.54. The number of anilines is 1. The van der Waals surface area contributed by atoms with Crippen molar-refractivity contribution in [2.45, 2.75) is 31.7 Å². The van der Waals surface area contributed by atoms with Crippen molar-refractivity contribution in [3.63, 3.8) is 0 Å². The molecule has 4 aromatic rings. The maximum atomic E-state index is 13.7. The summed E-state index contributed by atoms with van der Waals surface area (Å²) in [5, 5.41) is 4.00. The number of nitrogens with two attached hydrogens (primary N) is 1. The first-order valence-corrected chi connectivity index (χ1v) is 11.6. The molecule has 2 aromatic heterocycles. The number of pyridine rings is 1. The van der Waals surface area contributed by atoms with Crippen molar-refractivity contribution < 1.29 is 14.1 Å². The van der Waals surface area contributed by atoms with Gasteiger partial charge >= 0.3 is 0 Å². The molecular weight excluding hydrogens is 440 g/mol. The molecule has 0 saturated carbocycles. The molecule has 5 rings (SSSR count). The SMILES string of the molecule is Cc1nocc1[C@@H]1[C@@H](Cc2ccnc(N)c2)C(=O)N1C(=O)CC(c1ccccc1)c1ccccc1. The predicted molar refractivity (Wildman–Crippen MR) is 131 cm³/mol. The number of rotatable bonds is 7. The van der Waals surface area contributed by atoms with Crippen molar-refractivity contribution in [2.75, 3.05) is 5.73 Å². The summed E-state index contributed by atoms with van der Waals surface area (Å²) in [6.45, 7) is 1.82. The van der Waals surface area contributed by atoms with Gasteiger partial charge < -0.3 is 10.3 Å². The Morgan fingerprint density at radius 2 is 1.71 bits per heavy atom. The molecule has 2 aromatic carbocycles. The molecule has 1 saturated heterocycles. The molecule has 1 fully saturated rings. The molecule has 0 aliphatic carbocycles. The third-order valence-corrected chi connectivity index (χ3v) is 6.67. The van der Waals surface area contributed by atoms with Crippen molar-refractivity contribution in [1.82, 2.24) is 15.0 Å². The molecule has 176 valence electrons. The highest BCUT2D eigenvalue weighted by Gasteiger charge is 2.52. The van der Waals surface area contributed by atoms with E-state index in [1.165, 1.54) is 11.2 Å². The van der Waals surface area contributed by atoms with Gasteiger partial charge in [0.25, 0.3) is 0 Å². The molecule has 7 heteroatoms. The van der Waals surface area contributed by atoms with Gasteiger partial charge in [-0.2, -0.15) is 0 Å². The molecule has 1 aliphatic rings. The van der Waals surface area contributed by atoms with Crippen LogP contribution in [0.4, 0.5) is 5.82 Å². The van der Waals surface area contributed by atoms with Gasteiger partial charge in [-0.05, 0) is 42.2 Å². The summed E-state index contributed by atoms with van der Waals surface area (Å²) in [7, 11) is 0. The summed E-state index contributed by atoms with van der Waals surface area (Å²) < 4.78 is 5.17. The Morgan fingerprint density at radius 1 is 1.06 bits per heavy atom. The lowest BCUT2D eigenvalue weighted by molar-refractivity contribution is -0.167. The number of carbonyl (C=O) groups is 2. The van der Waals surface area contributed by atoms with Crippen LogP contribution >= 0.6 is 0 Å². The Balaban J connectivity index is 1.44. The maximum absolute atomic E-state index is 13.7. The van der Waals surface area contributed by atoms with E-state index in [4.69, 9.17) is 10.3 Å². The topological polar surface area (TPSA) is 102 Å². The molecule has 1 aliphatic heterocycles. The first-order chi connectivity index (χ1) is 17.0. The van der Waals surface area contributed by atoms with Crippen molar-refractivity contribution in [1.29, 1.82) is 0 Å². The number of aromatic nitrogens is 2. The van der Waals surface area contributed by atoms with Crippen molar-refractivity contribution in [3.8, 4) is 0 Å². The van der Waals surface area contributed by atoms with E-state index in [1.54, 1.807) is 12.3 Å². The third-order valence-electron chi connectivity index (χ3n) is 6.67. The Kier molecular flexibility index (Phi) is 6.14. The lowest BCUT2D eigenvalue weighted by Crippen LogP contribution is -2.58. The number of β-lactam (4-membered cyclic amide) rings is 1. The summed E-state index contributed by atoms with van der Waals surface area (Å²) in [6.07, 6.45) is 3.79. The van der Waals surface area contributed by atoms with E-state index in [0.29, 0.717) is 17.9 Å². The van der Waals surface area contributed by atoms with Crippen molar-refractivity contribution in [3.05, 3.63) is 113 Å². The van der Waals surface area contributed by atoms with Crippen molar-refractivity contribution in [2.24, 2.45) is 5.92 Å². The smallest absolute Gasteiger partial charge is 0.235 e. The van der Waals surface area contributed by atoms with Crippen LogP contribution in [0.3, 0.4) is 0 Å². The van der Waals surface area contributed by atoms with Gasteiger partial charge in [-0.15, -0.1) is 0 Å². The number of hydrogen-bond donors (Lipinski definition) is 1. The number of amides is 2. The Bertz CT molecular complexity index is 1300. The minimum atomic E-state index is -0.442. The van der Waals surface area contributed by atoms with Crippen LogP contribution in [-0.2, 0) is 16.0 Å². The maximum Gasteiger partial charge on any atom is 0.235 e. The van der Waals surface area contributed by atoms with E-state index < -0.39 is 12.0 Å². The largest absolute Gasteiger partial charge is 0.384 e. The molecule has 35 heavy (non-hydrogen) atoms. The normalized spacial score (nSPS) is 17.4. The van der Waals surface area contributed by atoms with E-state index in [9.17, 15) is 9.59 Å². The number of likely N-dealkylation sites (tertiary alicyclic amines) is 1. The molecule has 2 N–H and O–H groups in total. The van der Waals surface area contributed by atoms with Crippen LogP contribution in [0.25, 0.3) is 0 Å². The fourth-order valence-corrected chi connectivity index (χ4v) is 4.91. The Hall–Kier alpha value is -4.26. The highest BCUT2D eigenvalue weighted by atomic mass is 16.5. The third kappa shape index (κ3) is 4.45. The van der Waals surface area contributed by atoms with E-state index in [-0.39, 0.29) is 24.2 Å². The highest BCUT2D eigenvalue weighted by molar-refractivity contribution is 6.02. The zero-order chi connectivity index (χ0) is 24.4. The second-order valence-electron chi connectivity index (χ2n) is 8.88. The van der Waals surface area contributed by atoms with Crippen LogP contribution < -0.4 is 5.73 Å². The number of nitrogen functional groups attached to an aromatic ring is 1. The molecular formula is C28H26N4O3. The van der Waals surface area contributed by atoms with Crippen LogP contribution in [0.1, 0.15) is 46.3 Å². The van der Waals surface area contributed by atoms with Gasteiger partial charge in [0.2, 0.25) is 11.8 Å². The monoisotopic (exact) mass is 466 g/mol. The number of hydrogen-bond acceptors (Lipinski definition) is 6. The first kappa shape index (κ1) is 22.5. The van der Waals surface area contributed by atoms with Gasteiger partial charge in [0.05, 0.1) is 17.7 Å². The first-order valence-electron chi connectivity index (χ1n) is 11.6. The summed E-state index contributed by atoms with van der Waals surface area (Å²) in [6, 6.07) is 23.0. The summed E-state index contributed by atoms with van der Waals surface area (Å²) in [5.74, 6) is -0.597. The fourth-order valence-electron chi connectivity index (χ4n) is 4.91. The number of benzene rings is 2. The van der Waals surface area contributed by atoms with Crippen molar-refractivity contribution >= 4 is 17.6 Å². The zero-order valence-electron chi connectivity index (χ0n) is 19.4. The lowest BCUT2D eigenvalue weighted by Gasteiger charge is -2.46. The molecule has 0 bridgehead atoms. The quantitative estimate of drug-likeness (QED) is 0.404. The van der Waals surface area contributed by atoms with E-state index in [1.807, 2.05) is 73.7 Å². The number of nitrogens with zero attached hydrogens (tertiary/aromatic N) is 3. The van der Waals surface area contributed by atoms with Gasteiger partial charge in [0.1, 0.15) is 12.1 Å². The van der Waals surface area contributed by atoms with Crippen LogP contribution in [0.2, 0.25) is 0 Å². The van der Waals surface area contributed by atoms with E-state index >= 15 is 0 Å². The minimum Gasteiger partial charge on any atom is -0.384 e. The summed E-state index contributed by atoms with van der Waals surface area (Å²) >= 11 is 0. The highest BCUT2D eigenvalue weighted by Crippen LogP contribution is 2.44. The zero-order valence-corrected chi connectivity index (χ0v) is 19.4. The molecule has 0 unspecified atom stereocenters. The molecule has 3 heterocycles. The Morgan fingerprint density at radius 3 is 2.29 bits per heavy atom.